The molecule has 0 bridgehead atoms. The van der Waals surface area contributed by atoms with Gasteiger partial charge in [-0.25, -0.2) is 4.79 Å². The second-order valence-corrected chi connectivity index (χ2v) is 5.48. The van der Waals surface area contributed by atoms with Gasteiger partial charge in [-0.2, -0.15) is 0 Å². The molecule has 0 aliphatic carbocycles. The summed E-state index contributed by atoms with van der Waals surface area (Å²) in [6.07, 6.45) is 2.44. The maximum Gasteiger partial charge on any atom is 0.338 e. The number of carboxylic acid groups (broad SMARTS) is 1. The summed E-state index contributed by atoms with van der Waals surface area (Å²) in [5, 5.41) is 9.34. The van der Waals surface area contributed by atoms with Crippen molar-refractivity contribution in [2.75, 3.05) is 13.7 Å². The molecule has 0 spiro atoms. The van der Waals surface area contributed by atoms with Gasteiger partial charge in [-0.05, 0) is 43.9 Å². The van der Waals surface area contributed by atoms with Crippen LogP contribution in [0.15, 0.2) is 24.3 Å². The molecule has 0 heterocycles. The number of ether oxygens (including phenoxy) is 2. The number of carboxylic acids is 1. The number of hydrogen-bond acceptors (Lipinski definition) is 5. The first-order chi connectivity index (χ1) is 11.5. The van der Waals surface area contributed by atoms with Gasteiger partial charge in [0.1, 0.15) is 0 Å². The lowest BCUT2D eigenvalue weighted by Crippen LogP contribution is -2.17. The molecule has 0 aromatic heterocycles. The van der Waals surface area contributed by atoms with Crippen molar-refractivity contribution in [1.29, 1.82) is 0 Å². The predicted molar refractivity (Wildman–Crippen MR) is 87.7 cm³/mol. The summed E-state index contributed by atoms with van der Waals surface area (Å²) in [6.45, 7) is 2.05. The fourth-order valence-corrected chi connectivity index (χ4v) is 2.35. The molecule has 132 valence electrons. The van der Waals surface area contributed by atoms with Crippen LogP contribution in [-0.2, 0) is 25.5 Å². The van der Waals surface area contributed by atoms with Crippen molar-refractivity contribution < 1.29 is 29.0 Å². The highest BCUT2D eigenvalue weighted by atomic mass is 16.5. The van der Waals surface area contributed by atoms with Crippen LogP contribution in [0.1, 0.15) is 48.5 Å². The Balaban J connectivity index is 2.54. The van der Waals surface area contributed by atoms with Crippen LogP contribution >= 0.6 is 0 Å². The van der Waals surface area contributed by atoms with Crippen LogP contribution in [0.2, 0.25) is 0 Å². The molecule has 1 rings (SSSR count). The maximum absolute atomic E-state index is 11.6. The van der Waals surface area contributed by atoms with Gasteiger partial charge in [0, 0.05) is 6.42 Å². The van der Waals surface area contributed by atoms with E-state index in [1.54, 1.807) is 31.2 Å². The van der Waals surface area contributed by atoms with Crippen LogP contribution in [-0.4, -0.2) is 36.7 Å². The van der Waals surface area contributed by atoms with Crippen molar-refractivity contribution in [2.45, 2.75) is 39.0 Å². The minimum Gasteiger partial charge on any atom is -0.481 e. The van der Waals surface area contributed by atoms with Gasteiger partial charge in [-0.15, -0.1) is 0 Å². The molecule has 1 atom stereocenters. The first kappa shape index (κ1) is 19.7. The van der Waals surface area contributed by atoms with Crippen molar-refractivity contribution in [3.8, 4) is 0 Å². The topological polar surface area (TPSA) is 89.9 Å². The summed E-state index contributed by atoms with van der Waals surface area (Å²) in [5.74, 6) is -2.04. The maximum atomic E-state index is 11.6. The average Bonchev–Trinajstić information content (AvgIpc) is 2.57. The first-order valence-electron chi connectivity index (χ1n) is 8.03. The van der Waals surface area contributed by atoms with Crippen molar-refractivity contribution in [3.05, 3.63) is 35.4 Å². The zero-order chi connectivity index (χ0) is 17.9. The summed E-state index contributed by atoms with van der Waals surface area (Å²) in [6, 6.07) is 6.78. The van der Waals surface area contributed by atoms with E-state index in [0.717, 1.165) is 5.56 Å². The van der Waals surface area contributed by atoms with Gasteiger partial charge in [0.15, 0.2) is 0 Å². The predicted octanol–water partition coefficient (Wildman–Crippen LogP) is 2.84. The van der Waals surface area contributed by atoms with E-state index in [1.807, 2.05) is 0 Å². The number of carbonyl (C=O) groups is 3. The van der Waals surface area contributed by atoms with Gasteiger partial charge in [0.25, 0.3) is 0 Å². The van der Waals surface area contributed by atoms with E-state index < -0.39 is 11.9 Å². The molecule has 1 aromatic carbocycles. The third-order valence-corrected chi connectivity index (χ3v) is 3.71. The zero-order valence-corrected chi connectivity index (χ0v) is 14.1. The molecule has 0 radical (unpaired) electrons. The fraction of sp³-hybridized carbons (Fsp3) is 0.500. The molecule has 6 heteroatoms. The molecule has 1 N–H and O–H groups in total. The Morgan fingerprint density at radius 3 is 2.33 bits per heavy atom. The zero-order valence-electron chi connectivity index (χ0n) is 14.1. The van der Waals surface area contributed by atoms with E-state index >= 15 is 0 Å². The fourth-order valence-electron chi connectivity index (χ4n) is 2.35. The first-order valence-corrected chi connectivity index (χ1v) is 8.03. The Kier molecular flexibility index (Phi) is 8.54. The molecule has 6 nitrogen and oxygen atoms in total. The number of benzene rings is 1. The van der Waals surface area contributed by atoms with Crippen molar-refractivity contribution in [3.63, 3.8) is 0 Å². The monoisotopic (exact) mass is 336 g/mol. The number of esters is 2. The van der Waals surface area contributed by atoms with E-state index in [1.165, 1.54) is 7.11 Å². The Morgan fingerprint density at radius 1 is 1.12 bits per heavy atom. The molecule has 0 aliphatic rings. The Labute approximate surface area is 141 Å². The number of aliphatic carboxylic acids is 1. The van der Waals surface area contributed by atoms with E-state index in [9.17, 15) is 19.5 Å². The van der Waals surface area contributed by atoms with Crippen LogP contribution in [0.4, 0.5) is 0 Å². The van der Waals surface area contributed by atoms with Crippen LogP contribution in [0.25, 0.3) is 0 Å². The van der Waals surface area contributed by atoms with Gasteiger partial charge in [0.05, 0.1) is 25.2 Å². The van der Waals surface area contributed by atoms with E-state index in [0.29, 0.717) is 44.3 Å². The van der Waals surface area contributed by atoms with Gasteiger partial charge in [-0.1, -0.05) is 18.6 Å². The van der Waals surface area contributed by atoms with Crippen LogP contribution in [0, 0.1) is 5.92 Å². The Morgan fingerprint density at radius 2 is 1.79 bits per heavy atom. The lowest BCUT2D eigenvalue weighted by molar-refractivity contribution is -0.142. The lowest BCUT2D eigenvalue weighted by Gasteiger charge is -2.12. The SMILES string of the molecule is CCOC(=O)c1ccc(CC(CCCCC(=O)OC)C(=O)O)cc1. The second kappa shape index (κ2) is 10.4. The minimum atomic E-state index is -0.859. The summed E-state index contributed by atoms with van der Waals surface area (Å²) >= 11 is 0. The quantitative estimate of drug-likeness (QED) is 0.522. The minimum absolute atomic E-state index is 0.281. The standard InChI is InChI=1S/C18H24O6/c1-3-24-18(22)14-10-8-13(9-11-14)12-15(17(20)21)6-4-5-7-16(19)23-2/h8-11,15H,3-7,12H2,1-2H3,(H,20,21). The highest BCUT2D eigenvalue weighted by Crippen LogP contribution is 2.17. The Bertz CT molecular complexity index is 549. The van der Waals surface area contributed by atoms with Crippen LogP contribution < -0.4 is 0 Å². The van der Waals surface area contributed by atoms with Gasteiger partial charge >= 0.3 is 17.9 Å². The van der Waals surface area contributed by atoms with Crippen LogP contribution in [0.5, 0.6) is 0 Å². The third kappa shape index (κ3) is 6.81. The highest BCUT2D eigenvalue weighted by molar-refractivity contribution is 5.89. The molecule has 0 aliphatic heterocycles. The Hall–Kier alpha value is -2.37. The smallest absolute Gasteiger partial charge is 0.338 e. The number of unbranched alkanes of at least 4 members (excludes halogenated alkanes) is 1. The molecule has 0 saturated carbocycles. The molecular formula is C18H24O6. The molecular weight excluding hydrogens is 312 g/mol. The summed E-state index contributed by atoms with van der Waals surface area (Å²) < 4.78 is 9.47. The number of hydrogen-bond donors (Lipinski definition) is 1. The van der Waals surface area contributed by atoms with Crippen LogP contribution in [0.3, 0.4) is 0 Å². The largest absolute Gasteiger partial charge is 0.481 e. The molecule has 0 saturated heterocycles. The van der Waals surface area contributed by atoms with E-state index in [-0.39, 0.29) is 11.9 Å². The summed E-state index contributed by atoms with van der Waals surface area (Å²) in [7, 11) is 1.34. The third-order valence-electron chi connectivity index (χ3n) is 3.71. The van der Waals surface area contributed by atoms with Gasteiger partial charge in [0.2, 0.25) is 0 Å². The van der Waals surface area contributed by atoms with Crippen molar-refractivity contribution >= 4 is 17.9 Å². The molecule has 0 amide bonds. The van der Waals surface area contributed by atoms with Gasteiger partial charge < -0.3 is 14.6 Å². The number of methoxy groups -OCH3 is 1. The number of rotatable bonds is 10. The highest BCUT2D eigenvalue weighted by Gasteiger charge is 2.18. The van der Waals surface area contributed by atoms with Crippen molar-refractivity contribution in [2.24, 2.45) is 5.92 Å². The molecule has 24 heavy (non-hydrogen) atoms. The molecule has 0 fully saturated rings. The molecule has 1 unspecified atom stereocenters. The summed E-state index contributed by atoms with van der Waals surface area (Å²) in [4.78, 5) is 34.0. The van der Waals surface area contributed by atoms with E-state index in [2.05, 4.69) is 4.74 Å². The van der Waals surface area contributed by atoms with Gasteiger partial charge in [-0.3, -0.25) is 9.59 Å². The number of carbonyl (C=O) groups excluding carboxylic acids is 2. The summed E-state index contributed by atoms with van der Waals surface area (Å²) in [5.41, 5.74) is 1.30. The normalized spacial score (nSPS) is 11.6. The van der Waals surface area contributed by atoms with E-state index in [4.69, 9.17) is 4.74 Å². The molecule has 1 aromatic rings. The van der Waals surface area contributed by atoms with Crippen molar-refractivity contribution in [1.82, 2.24) is 0 Å². The lowest BCUT2D eigenvalue weighted by atomic mass is 9.93. The second-order valence-electron chi connectivity index (χ2n) is 5.48. The average molecular weight is 336 g/mol.